The summed E-state index contributed by atoms with van der Waals surface area (Å²) < 4.78 is 57.2. The first-order valence-corrected chi connectivity index (χ1v) is 16.4. The number of halogens is 4. The molecular formula is C46H26F4. The van der Waals surface area contributed by atoms with Gasteiger partial charge in [-0.3, -0.25) is 0 Å². The van der Waals surface area contributed by atoms with Crippen molar-refractivity contribution < 1.29 is 17.6 Å². The van der Waals surface area contributed by atoms with Gasteiger partial charge in [0.05, 0.1) is 0 Å². The Balaban J connectivity index is 1.48. The average Bonchev–Trinajstić information content (AvgIpc) is 3.15. The molecule has 238 valence electrons. The smallest absolute Gasteiger partial charge is 0.194 e. The third-order valence-corrected chi connectivity index (χ3v) is 9.73. The van der Waals surface area contributed by atoms with Crippen molar-refractivity contribution in [1.82, 2.24) is 0 Å². The SMILES string of the molecule is Fc1ccc(-c2ccc3c(-c4cccc5ccccc45)c4cc(-c5cc(F)c(F)c(F)c5)ccc4c(-c4cccc5ccccc45)c3c2)cc1. The Hall–Kier alpha value is -6.26. The highest BCUT2D eigenvalue weighted by molar-refractivity contribution is 6.26. The summed E-state index contributed by atoms with van der Waals surface area (Å²) >= 11 is 0. The van der Waals surface area contributed by atoms with Crippen LogP contribution in [-0.2, 0) is 0 Å². The summed E-state index contributed by atoms with van der Waals surface area (Å²) in [6.07, 6.45) is 0. The second kappa shape index (κ2) is 11.7. The molecule has 0 N–H and O–H groups in total. The van der Waals surface area contributed by atoms with E-state index in [1.54, 1.807) is 12.1 Å². The molecule has 0 aromatic heterocycles. The molecule has 0 unspecified atom stereocenters. The van der Waals surface area contributed by atoms with Crippen LogP contribution in [-0.4, -0.2) is 0 Å². The highest BCUT2D eigenvalue weighted by atomic mass is 19.2. The van der Waals surface area contributed by atoms with Gasteiger partial charge in [-0.1, -0.05) is 121 Å². The lowest BCUT2D eigenvalue weighted by molar-refractivity contribution is 0.448. The van der Waals surface area contributed by atoms with E-state index in [0.29, 0.717) is 5.56 Å². The highest BCUT2D eigenvalue weighted by Crippen LogP contribution is 2.48. The first-order chi connectivity index (χ1) is 24.4. The standard InChI is InChI=1S/C46H26F4/c47-33-19-15-27(16-20-33)30-17-21-38-40(23-30)44(36-13-5-9-28-7-1-3-11-34(28)36)39-22-18-31(32-25-42(48)46(50)43(49)26-32)24-41(39)45(38)37-14-6-10-29-8-2-4-12-35(29)37/h1-26H. The lowest BCUT2D eigenvalue weighted by Crippen LogP contribution is -1.95. The predicted molar refractivity (Wildman–Crippen MR) is 198 cm³/mol. The van der Waals surface area contributed by atoms with Gasteiger partial charge in [0.15, 0.2) is 17.5 Å². The molecule has 0 aliphatic heterocycles. The molecule has 0 heterocycles. The summed E-state index contributed by atoms with van der Waals surface area (Å²) in [5, 5.41) is 8.12. The molecule has 0 spiro atoms. The molecule has 0 bridgehead atoms. The molecule has 50 heavy (non-hydrogen) atoms. The molecule has 0 aliphatic rings. The zero-order valence-electron chi connectivity index (χ0n) is 26.5. The van der Waals surface area contributed by atoms with Crippen LogP contribution in [0.5, 0.6) is 0 Å². The maximum atomic E-state index is 14.6. The summed E-state index contributed by atoms with van der Waals surface area (Å²) in [4.78, 5) is 0. The fourth-order valence-electron chi connectivity index (χ4n) is 7.42. The van der Waals surface area contributed by atoms with Crippen LogP contribution in [0.2, 0.25) is 0 Å². The van der Waals surface area contributed by atoms with Crippen molar-refractivity contribution in [3.05, 3.63) is 181 Å². The molecule has 4 heteroatoms. The highest BCUT2D eigenvalue weighted by Gasteiger charge is 2.21. The van der Waals surface area contributed by atoms with Crippen molar-refractivity contribution in [2.75, 3.05) is 0 Å². The van der Waals surface area contributed by atoms with E-state index in [2.05, 4.69) is 72.8 Å². The summed E-state index contributed by atoms with van der Waals surface area (Å²) in [5.74, 6) is -4.27. The Kier molecular flexibility index (Phi) is 6.99. The molecule has 9 aromatic rings. The normalized spacial score (nSPS) is 11.6. The molecule has 9 aromatic carbocycles. The molecular weight excluding hydrogens is 628 g/mol. The molecule has 0 amide bonds. The van der Waals surface area contributed by atoms with Gasteiger partial charge in [-0.2, -0.15) is 0 Å². The lowest BCUT2D eigenvalue weighted by Gasteiger charge is -2.21. The van der Waals surface area contributed by atoms with Crippen molar-refractivity contribution in [3.63, 3.8) is 0 Å². The monoisotopic (exact) mass is 654 g/mol. The molecule has 0 aliphatic carbocycles. The summed E-state index contributed by atoms with van der Waals surface area (Å²) in [6.45, 7) is 0. The Morgan fingerprint density at radius 1 is 0.300 bits per heavy atom. The Labute approximate surface area is 285 Å². The van der Waals surface area contributed by atoms with Gasteiger partial charge in [-0.15, -0.1) is 0 Å². The topological polar surface area (TPSA) is 0 Å². The van der Waals surface area contributed by atoms with Gasteiger partial charge in [0.25, 0.3) is 0 Å². The van der Waals surface area contributed by atoms with E-state index in [-0.39, 0.29) is 11.4 Å². The van der Waals surface area contributed by atoms with Crippen LogP contribution in [0.15, 0.2) is 158 Å². The third-order valence-electron chi connectivity index (χ3n) is 9.73. The summed E-state index contributed by atoms with van der Waals surface area (Å²) in [5.41, 5.74) is 6.63. The van der Waals surface area contributed by atoms with E-state index in [9.17, 15) is 17.6 Å². The van der Waals surface area contributed by atoms with E-state index in [1.165, 1.54) is 12.1 Å². The third kappa shape index (κ3) is 4.83. The Morgan fingerprint density at radius 3 is 1.26 bits per heavy atom. The lowest BCUT2D eigenvalue weighted by atomic mass is 9.82. The second-order valence-corrected chi connectivity index (χ2v) is 12.6. The number of benzene rings is 9. The Bertz CT molecular complexity index is 2760. The maximum Gasteiger partial charge on any atom is 0.194 e. The molecule has 0 saturated carbocycles. The van der Waals surface area contributed by atoms with Crippen molar-refractivity contribution in [2.45, 2.75) is 0 Å². The quantitative estimate of drug-likeness (QED) is 0.101. The van der Waals surface area contributed by atoms with Crippen LogP contribution >= 0.6 is 0 Å². The van der Waals surface area contributed by atoms with Gasteiger partial charge in [-0.25, -0.2) is 17.6 Å². The van der Waals surface area contributed by atoms with E-state index in [1.807, 2.05) is 48.5 Å². The van der Waals surface area contributed by atoms with Crippen LogP contribution in [0, 0.1) is 23.3 Å². The summed E-state index contributed by atoms with van der Waals surface area (Å²) in [6, 6.07) is 49.7. The van der Waals surface area contributed by atoms with Gasteiger partial charge in [0.2, 0.25) is 0 Å². The minimum absolute atomic E-state index is 0.241. The van der Waals surface area contributed by atoms with Crippen molar-refractivity contribution >= 4 is 43.1 Å². The van der Waals surface area contributed by atoms with Crippen LogP contribution in [0.4, 0.5) is 17.6 Å². The minimum atomic E-state index is -1.49. The largest absolute Gasteiger partial charge is 0.207 e. The van der Waals surface area contributed by atoms with Crippen molar-refractivity contribution in [1.29, 1.82) is 0 Å². The molecule has 0 atom stereocenters. The zero-order chi connectivity index (χ0) is 33.9. The molecule has 0 nitrogen and oxygen atoms in total. The molecule has 0 fully saturated rings. The van der Waals surface area contributed by atoms with E-state index < -0.39 is 17.5 Å². The van der Waals surface area contributed by atoms with Gasteiger partial charge in [0, 0.05) is 0 Å². The minimum Gasteiger partial charge on any atom is -0.207 e. The van der Waals surface area contributed by atoms with Crippen LogP contribution in [0.3, 0.4) is 0 Å². The molecule has 0 radical (unpaired) electrons. The van der Waals surface area contributed by atoms with Crippen LogP contribution in [0.25, 0.3) is 87.6 Å². The first-order valence-electron chi connectivity index (χ1n) is 16.4. The van der Waals surface area contributed by atoms with E-state index in [4.69, 9.17) is 0 Å². The van der Waals surface area contributed by atoms with E-state index in [0.717, 1.165) is 88.6 Å². The first kappa shape index (κ1) is 29.8. The molecule has 0 saturated heterocycles. The zero-order valence-corrected chi connectivity index (χ0v) is 26.5. The van der Waals surface area contributed by atoms with Gasteiger partial charge in [0.1, 0.15) is 5.82 Å². The summed E-state index contributed by atoms with van der Waals surface area (Å²) in [7, 11) is 0. The van der Waals surface area contributed by atoms with E-state index >= 15 is 0 Å². The fraction of sp³-hybridized carbons (Fsp3) is 0. The van der Waals surface area contributed by atoms with Crippen molar-refractivity contribution in [3.8, 4) is 44.5 Å². The maximum absolute atomic E-state index is 14.6. The number of rotatable bonds is 4. The van der Waals surface area contributed by atoms with Crippen LogP contribution < -0.4 is 0 Å². The van der Waals surface area contributed by atoms with Gasteiger partial charge in [-0.05, 0) is 124 Å². The van der Waals surface area contributed by atoms with Gasteiger partial charge < -0.3 is 0 Å². The van der Waals surface area contributed by atoms with Gasteiger partial charge >= 0.3 is 0 Å². The fourth-order valence-corrected chi connectivity index (χ4v) is 7.42. The van der Waals surface area contributed by atoms with Crippen LogP contribution in [0.1, 0.15) is 0 Å². The van der Waals surface area contributed by atoms with Crippen molar-refractivity contribution in [2.24, 2.45) is 0 Å². The Morgan fingerprint density at radius 2 is 0.740 bits per heavy atom. The number of fused-ring (bicyclic) bond motifs is 4. The number of hydrogen-bond donors (Lipinski definition) is 0. The second-order valence-electron chi connectivity index (χ2n) is 12.6. The predicted octanol–water partition coefficient (Wildman–Crippen LogP) is 13.5. The number of hydrogen-bond acceptors (Lipinski definition) is 0. The average molecular weight is 655 g/mol. The molecule has 9 rings (SSSR count).